The molecule has 5 nitrogen and oxygen atoms in total. The van der Waals surface area contributed by atoms with Gasteiger partial charge >= 0.3 is 5.97 Å². The van der Waals surface area contributed by atoms with Crippen molar-refractivity contribution < 1.29 is 19.1 Å². The Kier molecular flexibility index (Phi) is 6.69. The maximum Gasteiger partial charge on any atom is 0.338 e. The number of hydrogen-bond donors (Lipinski definition) is 1. The Bertz CT molecular complexity index is 792. The molecule has 1 fully saturated rings. The normalized spacial score (nSPS) is 15.5. The second-order valence-corrected chi connectivity index (χ2v) is 7.31. The molecule has 0 spiro atoms. The van der Waals surface area contributed by atoms with Crippen molar-refractivity contribution in [3.8, 4) is 5.75 Å². The Morgan fingerprint density at radius 1 is 0.964 bits per heavy atom. The van der Waals surface area contributed by atoms with E-state index >= 15 is 0 Å². The van der Waals surface area contributed by atoms with E-state index < -0.39 is 6.10 Å². The molecule has 1 aliphatic rings. The van der Waals surface area contributed by atoms with Crippen molar-refractivity contribution in [2.24, 2.45) is 0 Å². The third-order valence-corrected chi connectivity index (χ3v) is 4.92. The Morgan fingerprint density at radius 2 is 1.61 bits per heavy atom. The van der Waals surface area contributed by atoms with E-state index in [2.05, 4.69) is 5.32 Å². The zero-order chi connectivity index (χ0) is 19.9. The maximum absolute atomic E-state index is 12.3. The smallest absolute Gasteiger partial charge is 0.338 e. The van der Waals surface area contributed by atoms with E-state index in [1.165, 1.54) is 6.42 Å². The predicted molar refractivity (Wildman–Crippen MR) is 109 cm³/mol. The van der Waals surface area contributed by atoms with E-state index in [0.29, 0.717) is 17.0 Å². The SMILES string of the molecule is Cc1ccc(OC(C)C(=O)Nc2ccc(C(=O)OC3CCCCC3)cc2)cc1. The van der Waals surface area contributed by atoms with Crippen LogP contribution in [-0.2, 0) is 9.53 Å². The van der Waals surface area contributed by atoms with Gasteiger partial charge in [-0.05, 0) is 75.9 Å². The van der Waals surface area contributed by atoms with Crippen molar-refractivity contribution in [2.45, 2.75) is 58.2 Å². The minimum atomic E-state index is -0.640. The van der Waals surface area contributed by atoms with Gasteiger partial charge in [-0.1, -0.05) is 24.1 Å². The quantitative estimate of drug-likeness (QED) is 0.724. The largest absolute Gasteiger partial charge is 0.481 e. The summed E-state index contributed by atoms with van der Waals surface area (Å²) < 4.78 is 11.2. The first-order valence-electron chi connectivity index (χ1n) is 9.86. The predicted octanol–water partition coefficient (Wildman–Crippen LogP) is 4.89. The number of rotatable bonds is 6. The summed E-state index contributed by atoms with van der Waals surface area (Å²) in [5.74, 6) is 0.0908. The van der Waals surface area contributed by atoms with Crippen LogP contribution in [0, 0.1) is 6.92 Å². The van der Waals surface area contributed by atoms with E-state index in [0.717, 1.165) is 31.2 Å². The van der Waals surface area contributed by atoms with Gasteiger partial charge in [0.25, 0.3) is 5.91 Å². The van der Waals surface area contributed by atoms with Gasteiger partial charge in [0.1, 0.15) is 11.9 Å². The molecule has 1 atom stereocenters. The molecule has 0 aliphatic heterocycles. The van der Waals surface area contributed by atoms with Crippen LogP contribution < -0.4 is 10.1 Å². The number of esters is 1. The molecule has 5 heteroatoms. The minimum absolute atomic E-state index is 0.0281. The number of carbonyl (C=O) groups is 2. The fraction of sp³-hybridized carbons (Fsp3) is 0.391. The van der Waals surface area contributed by atoms with Gasteiger partial charge in [-0.15, -0.1) is 0 Å². The van der Waals surface area contributed by atoms with Crippen molar-refractivity contribution in [3.05, 3.63) is 59.7 Å². The molecule has 0 radical (unpaired) electrons. The molecule has 1 unspecified atom stereocenters. The number of anilines is 1. The van der Waals surface area contributed by atoms with Crippen LogP contribution in [0.15, 0.2) is 48.5 Å². The molecular formula is C23H27NO4. The lowest BCUT2D eigenvalue weighted by molar-refractivity contribution is -0.122. The lowest BCUT2D eigenvalue weighted by atomic mass is 9.98. The molecule has 0 bridgehead atoms. The summed E-state index contributed by atoms with van der Waals surface area (Å²) in [5.41, 5.74) is 2.23. The van der Waals surface area contributed by atoms with Gasteiger partial charge in [-0.2, -0.15) is 0 Å². The molecule has 1 saturated carbocycles. The summed E-state index contributed by atoms with van der Waals surface area (Å²) >= 11 is 0. The van der Waals surface area contributed by atoms with E-state index in [1.807, 2.05) is 31.2 Å². The number of amides is 1. The number of hydrogen-bond acceptors (Lipinski definition) is 4. The van der Waals surface area contributed by atoms with Crippen molar-refractivity contribution in [2.75, 3.05) is 5.32 Å². The average Bonchev–Trinajstić information content (AvgIpc) is 2.71. The van der Waals surface area contributed by atoms with Crippen LogP contribution >= 0.6 is 0 Å². The first-order valence-corrected chi connectivity index (χ1v) is 9.86. The number of benzene rings is 2. The summed E-state index contributed by atoms with van der Waals surface area (Å²) in [6, 6.07) is 14.3. The monoisotopic (exact) mass is 381 g/mol. The highest BCUT2D eigenvalue weighted by Crippen LogP contribution is 2.22. The van der Waals surface area contributed by atoms with Crippen LogP contribution in [0.5, 0.6) is 5.75 Å². The summed E-state index contributed by atoms with van der Waals surface area (Å²) in [6.45, 7) is 3.69. The average molecular weight is 381 g/mol. The molecule has 28 heavy (non-hydrogen) atoms. The van der Waals surface area contributed by atoms with Gasteiger partial charge in [-0.3, -0.25) is 4.79 Å². The van der Waals surface area contributed by atoms with Gasteiger partial charge in [0.05, 0.1) is 5.56 Å². The number of nitrogens with one attached hydrogen (secondary N) is 1. The maximum atomic E-state index is 12.3. The van der Waals surface area contributed by atoms with Crippen molar-refractivity contribution in [1.29, 1.82) is 0 Å². The molecule has 0 saturated heterocycles. The third-order valence-electron chi connectivity index (χ3n) is 4.92. The number of carbonyl (C=O) groups excluding carboxylic acids is 2. The zero-order valence-corrected chi connectivity index (χ0v) is 16.4. The molecule has 1 N–H and O–H groups in total. The van der Waals surface area contributed by atoms with Gasteiger partial charge < -0.3 is 14.8 Å². The molecular weight excluding hydrogens is 354 g/mol. The lowest BCUT2D eigenvalue weighted by Gasteiger charge is -2.21. The van der Waals surface area contributed by atoms with Crippen LogP contribution in [0.25, 0.3) is 0 Å². The van der Waals surface area contributed by atoms with E-state index in [4.69, 9.17) is 9.47 Å². The first kappa shape index (κ1) is 19.9. The summed E-state index contributed by atoms with van der Waals surface area (Å²) in [5, 5.41) is 2.80. The molecule has 3 rings (SSSR count). The van der Waals surface area contributed by atoms with Crippen molar-refractivity contribution >= 4 is 17.6 Å². The first-order chi connectivity index (χ1) is 13.5. The highest BCUT2D eigenvalue weighted by molar-refractivity contribution is 5.95. The number of aryl methyl sites for hydroxylation is 1. The highest BCUT2D eigenvalue weighted by atomic mass is 16.5. The lowest BCUT2D eigenvalue weighted by Crippen LogP contribution is -2.30. The topological polar surface area (TPSA) is 64.6 Å². The van der Waals surface area contributed by atoms with Crippen LogP contribution in [0.1, 0.15) is 54.9 Å². The van der Waals surface area contributed by atoms with E-state index in [1.54, 1.807) is 31.2 Å². The van der Waals surface area contributed by atoms with Crippen molar-refractivity contribution in [3.63, 3.8) is 0 Å². The summed E-state index contributed by atoms with van der Waals surface area (Å²) in [6.07, 6.45) is 4.72. The Hall–Kier alpha value is -2.82. The Morgan fingerprint density at radius 3 is 2.25 bits per heavy atom. The Balaban J connectivity index is 1.51. The Labute approximate surface area is 166 Å². The fourth-order valence-corrected chi connectivity index (χ4v) is 3.21. The van der Waals surface area contributed by atoms with Gasteiger partial charge in [0.15, 0.2) is 6.10 Å². The van der Waals surface area contributed by atoms with Crippen molar-refractivity contribution in [1.82, 2.24) is 0 Å². The van der Waals surface area contributed by atoms with Gasteiger partial charge in [-0.25, -0.2) is 4.79 Å². The van der Waals surface area contributed by atoms with Crippen LogP contribution in [-0.4, -0.2) is 24.1 Å². The molecule has 2 aromatic rings. The van der Waals surface area contributed by atoms with Gasteiger partial charge in [0.2, 0.25) is 0 Å². The molecule has 1 aliphatic carbocycles. The fourth-order valence-electron chi connectivity index (χ4n) is 3.21. The summed E-state index contributed by atoms with van der Waals surface area (Å²) in [7, 11) is 0. The number of ether oxygens (including phenoxy) is 2. The van der Waals surface area contributed by atoms with E-state index in [-0.39, 0.29) is 18.0 Å². The van der Waals surface area contributed by atoms with Crippen LogP contribution in [0.4, 0.5) is 5.69 Å². The van der Waals surface area contributed by atoms with Gasteiger partial charge in [0, 0.05) is 5.69 Å². The summed E-state index contributed by atoms with van der Waals surface area (Å²) in [4.78, 5) is 24.6. The molecule has 2 aromatic carbocycles. The van der Waals surface area contributed by atoms with E-state index in [9.17, 15) is 9.59 Å². The zero-order valence-electron chi connectivity index (χ0n) is 16.4. The minimum Gasteiger partial charge on any atom is -0.481 e. The molecule has 1 amide bonds. The third kappa shape index (κ3) is 5.59. The standard InChI is InChI=1S/C23H27NO4/c1-16-8-14-21(15-9-16)27-17(2)22(25)24-19-12-10-18(11-13-19)23(26)28-20-6-4-3-5-7-20/h8-15,17,20H,3-7H2,1-2H3,(H,24,25). The van der Waals surface area contributed by atoms with Crippen LogP contribution in [0.3, 0.4) is 0 Å². The van der Waals surface area contributed by atoms with Crippen LogP contribution in [0.2, 0.25) is 0 Å². The second-order valence-electron chi connectivity index (χ2n) is 7.31. The molecule has 148 valence electrons. The second kappa shape index (κ2) is 9.40. The molecule has 0 aromatic heterocycles. The molecule has 0 heterocycles. The highest BCUT2D eigenvalue weighted by Gasteiger charge is 2.19.